The summed E-state index contributed by atoms with van der Waals surface area (Å²) in [5.41, 5.74) is 0.806. The molecule has 0 aliphatic rings. The summed E-state index contributed by atoms with van der Waals surface area (Å²) in [7, 11) is 1.86. The number of hydrogen-bond acceptors (Lipinski definition) is 5. The van der Waals surface area contributed by atoms with Gasteiger partial charge in [-0.25, -0.2) is 4.68 Å². The van der Waals surface area contributed by atoms with Gasteiger partial charge in [-0.15, -0.1) is 10.2 Å². The quantitative estimate of drug-likeness (QED) is 0.574. The zero-order valence-corrected chi connectivity index (χ0v) is 17.8. The van der Waals surface area contributed by atoms with Crippen LogP contribution in [0.4, 0.5) is 5.82 Å². The Balaban J connectivity index is 1.72. The van der Waals surface area contributed by atoms with E-state index in [0.717, 1.165) is 12.0 Å². The van der Waals surface area contributed by atoms with E-state index in [-0.39, 0.29) is 17.2 Å². The predicted molar refractivity (Wildman–Crippen MR) is 113 cm³/mol. The van der Waals surface area contributed by atoms with Crippen LogP contribution in [0.25, 0.3) is 11.4 Å². The van der Waals surface area contributed by atoms with Gasteiger partial charge >= 0.3 is 0 Å². The molecule has 2 aromatic heterocycles. The largest absolute Gasteiger partial charge is 0.310 e. The number of carbonyl (C=O) groups excluding carboxylic acids is 1. The van der Waals surface area contributed by atoms with Gasteiger partial charge in [-0.1, -0.05) is 42.4 Å². The smallest absolute Gasteiger partial charge is 0.238 e. The van der Waals surface area contributed by atoms with Crippen LogP contribution in [0, 0.1) is 0 Å². The molecular formula is C19H23ClN6OS. The third-order valence-corrected chi connectivity index (χ3v) is 5.99. The Morgan fingerprint density at radius 2 is 2.00 bits per heavy atom. The number of hydrogen-bond donors (Lipinski definition) is 1. The van der Waals surface area contributed by atoms with Gasteiger partial charge < -0.3 is 9.88 Å². The maximum absolute atomic E-state index is 12.7. The molecular weight excluding hydrogens is 396 g/mol. The van der Waals surface area contributed by atoms with E-state index in [2.05, 4.69) is 34.5 Å². The molecule has 28 heavy (non-hydrogen) atoms. The fraction of sp³-hybridized carbons (Fsp3) is 0.368. The molecule has 2 heterocycles. The van der Waals surface area contributed by atoms with Gasteiger partial charge in [0.1, 0.15) is 5.82 Å². The van der Waals surface area contributed by atoms with Crippen molar-refractivity contribution in [2.45, 2.75) is 43.6 Å². The average molecular weight is 419 g/mol. The second-order valence-electron chi connectivity index (χ2n) is 6.51. The van der Waals surface area contributed by atoms with Gasteiger partial charge in [-0.2, -0.15) is 5.10 Å². The first-order valence-electron chi connectivity index (χ1n) is 9.07. The monoisotopic (exact) mass is 418 g/mol. The zero-order chi connectivity index (χ0) is 20.3. The number of nitrogens with zero attached hydrogens (tertiary/aromatic N) is 5. The minimum atomic E-state index is -0.359. The standard InChI is InChI=1S/C19H23ClN6OS/c1-5-12(2)26-16(10-11-21-26)22-18(27)13(3)28-19-24-23-17(25(19)4)14-8-6-7-9-15(14)20/h6-13H,5H2,1-4H3,(H,22,27)/t12-,13-/m1/s1. The molecule has 0 aliphatic carbocycles. The molecule has 9 heteroatoms. The van der Waals surface area contributed by atoms with Crippen molar-refractivity contribution in [2.24, 2.45) is 7.05 Å². The molecule has 0 fully saturated rings. The van der Waals surface area contributed by atoms with Crippen molar-refractivity contribution >= 4 is 35.1 Å². The lowest BCUT2D eigenvalue weighted by Gasteiger charge is -2.16. The molecule has 7 nitrogen and oxygen atoms in total. The van der Waals surface area contributed by atoms with Gasteiger partial charge in [0, 0.05) is 18.7 Å². The molecule has 1 N–H and O–H groups in total. The Labute approximate surface area is 173 Å². The number of halogens is 1. The van der Waals surface area contributed by atoms with E-state index in [1.165, 1.54) is 11.8 Å². The lowest BCUT2D eigenvalue weighted by Crippen LogP contribution is -2.25. The summed E-state index contributed by atoms with van der Waals surface area (Å²) >= 11 is 7.61. The van der Waals surface area contributed by atoms with Crippen LogP contribution in [0.5, 0.6) is 0 Å². The normalized spacial score (nSPS) is 13.3. The van der Waals surface area contributed by atoms with Crippen molar-refractivity contribution in [3.63, 3.8) is 0 Å². The SMILES string of the molecule is CC[C@@H](C)n1nccc1NC(=O)[C@@H](C)Sc1nnc(-c2ccccc2Cl)n1C. The zero-order valence-electron chi connectivity index (χ0n) is 16.3. The molecule has 1 amide bonds. The number of nitrogens with one attached hydrogen (secondary N) is 1. The summed E-state index contributed by atoms with van der Waals surface area (Å²) in [6.45, 7) is 5.99. The third-order valence-electron chi connectivity index (χ3n) is 4.53. The van der Waals surface area contributed by atoms with Gasteiger partial charge in [0.25, 0.3) is 0 Å². The maximum Gasteiger partial charge on any atom is 0.238 e. The number of carbonyl (C=O) groups is 1. The van der Waals surface area contributed by atoms with Crippen LogP contribution in [0.15, 0.2) is 41.7 Å². The highest BCUT2D eigenvalue weighted by Crippen LogP contribution is 2.30. The Morgan fingerprint density at radius 1 is 1.25 bits per heavy atom. The van der Waals surface area contributed by atoms with Gasteiger partial charge in [0.05, 0.1) is 22.5 Å². The van der Waals surface area contributed by atoms with Crippen molar-refractivity contribution < 1.29 is 4.79 Å². The summed E-state index contributed by atoms with van der Waals surface area (Å²) in [5.74, 6) is 1.24. The summed E-state index contributed by atoms with van der Waals surface area (Å²) in [6, 6.07) is 9.50. The number of aromatic nitrogens is 5. The van der Waals surface area contributed by atoms with Gasteiger partial charge in [0.2, 0.25) is 5.91 Å². The van der Waals surface area contributed by atoms with Gasteiger partial charge in [0.15, 0.2) is 11.0 Å². The fourth-order valence-electron chi connectivity index (χ4n) is 2.67. The molecule has 1 aromatic carbocycles. The van der Waals surface area contributed by atoms with E-state index < -0.39 is 0 Å². The summed E-state index contributed by atoms with van der Waals surface area (Å²) < 4.78 is 3.67. The first kappa shape index (κ1) is 20.4. The second kappa shape index (κ2) is 8.79. The van der Waals surface area contributed by atoms with Crippen LogP contribution in [0.3, 0.4) is 0 Å². The summed E-state index contributed by atoms with van der Waals surface area (Å²) in [5, 5.41) is 16.6. The molecule has 3 rings (SSSR count). The van der Waals surface area contributed by atoms with Crippen LogP contribution in [-0.2, 0) is 11.8 Å². The lowest BCUT2D eigenvalue weighted by atomic mass is 10.2. The van der Waals surface area contributed by atoms with E-state index in [4.69, 9.17) is 11.6 Å². The minimum absolute atomic E-state index is 0.114. The van der Waals surface area contributed by atoms with Crippen molar-refractivity contribution in [1.82, 2.24) is 24.5 Å². The van der Waals surface area contributed by atoms with Gasteiger partial charge in [-0.3, -0.25) is 4.79 Å². The second-order valence-corrected chi connectivity index (χ2v) is 8.23. The molecule has 0 radical (unpaired) electrons. The topological polar surface area (TPSA) is 77.6 Å². The first-order valence-corrected chi connectivity index (χ1v) is 10.3. The fourth-order valence-corrected chi connectivity index (χ4v) is 3.71. The molecule has 3 aromatic rings. The number of amides is 1. The maximum atomic E-state index is 12.7. The summed E-state index contributed by atoms with van der Waals surface area (Å²) in [4.78, 5) is 12.7. The molecule has 0 unspecified atom stereocenters. The molecule has 0 saturated heterocycles. The van der Waals surface area contributed by atoms with E-state index in [1.807, 2.05) is 47.5 Å². The van der Waals surface area contributed by atoms with Crippen LogP contribution >= 0.6 is 23.4 Å². The van der Waals surface area contributed by atoms with Crippen molar-refractivity contribution in [1.29, 1.82) is 0 Å². The third kappa shape index (κ3) is 4.23. The Bertz CT molecular complexity index is 969. The lowest BCUT2D eigenvalue weighted by molar-refractivity contribution is -0.115. The number of anilines is 1. The van der Waals surface area contributed by atoms with E-state index in [1.54, 1.807) is 12.3 Å². The van der Waals surface area contributed by atoms with Crippen molar-refractivity contribution in [3.8, 4) is 11.4 Å². The molecule has 2 atom stereocenters. The minimum Gasteiger partial charge on any atom is -0.310 e. The Morgan fingerprint density at radius 3 is 2.71 bits per heavy atom. The van der Waals surface area contributed by atoms with Crippen molar-refractivity contribution in [3.05, 3.63) is 41.6 Å². The van der Waals surface area contributed by atoms with Crippen LogP contribution in [-0.4, -0.2) is 35.7 Å². The molecule has 0 spiro atoms. The molecule has 148 valence electrons. The predicted octanol–water partition coefficient (Wildman–Crippen LogP) is 4.42. The summed E-state index contributed by atoms with van der Waals surface area (Å²) in [6.07, 6.45) is 2.62. The highest BCUT2D eigenvalue weighted by Gasteiger charge is 2.21. The molecule has 0 bridgehead atoms. The first-order chi connectivity index (χ1) is 13.4. The Hall–Kier alpha value is -2.32. The average Bonchev–Trinajstić information content (AvgIpc) is 3.29. The highest BCUT2D eigenvalue weighted by atomic mass is 35.5. The number of benzene rings is 1. The highest BCUT2D eigenvalue weighted by molar-refractivity contribution is 8.00. The van der Waals surface area contributed by atoms with E-state index in [9.17, 15) is 4.79 Å². The molecule has 0 aliphatic heterocycles. The number of thioether (sulfide) groups is 1. The van der Waals surface area contributed by atoms with Crippen LogP contribution in [0.1, 0.15) is 33.2 Å². The van der Waals surface area contributed by atoms with E-state index >= 15 is 0 Å². The molecule has 0 saturated carbocycles. The van der Waals surface area contributed by atoms with Crippen molar-refractivity contribution in [2.75, 3.05) is 5.32 Å². The van der Waals surface area contributed by atoms with Crippen LogP contribution in [0.2, 0.25) is 5.02 Å². The number of rotatable bonds is 7. The van der Waals surface area contributed by atoms with E-state index in [0.29, 0.717) is 21.8 Å². The van der Waals surface area contributed by atoms with Gasteiger partial charge in [-0.05, 0) is 32.4 Å². The van der Waals surface area contributed by atoms with Crippen LogP contribution < -0.4 is 5.32 Å². The Kier molecular flexibility index (Phi) is 6.41.